The molecule has 176 valence electrons. The lowest BCUT2D eigenvalue weighted by Gasteiger charge is -2.24. The van der Waals surface area contributed by atoms with Crippen LogP contribution >= 0.6 is 0 Å². The molecule has 2 heterocycles. The summed E-state index contributed by atoms with van der Waals surface area (Å²) in [6.07, 6.45) is 3.16. The van der Waals surface area contributed by atoms with E-state index in [1.54, 1.807) is 43.6 Å². The van der Waals surface area contributed by atoms with E-state index >= 15 is 0 Å². The number of hydrogen-bond donors (Lipinski definition) is 2. The third-order valence-corrected chi connectivity index (χ3v) is 6.91. The van der Waals surface area contributed by atoms with Gasteiger partial charge in [-0.3, -0.25) is 4.79 Å². The third-order valence-electron chi connectivity index (χ3n) is 5.81. The van der Waals surface area contributed by atoms with Crippen LogP contribution in [0.15, 0.2) is 60.8 Å². The van der Waals surface area contributed by atoms with E-state index in [-0.39, 0.29) is 12.5 Å². The highest BCUT2D eigenvalue weighted by Gasteiger charge is 2.30. The lowest BCUT2D eigenvalue weighted by atomic mass is 10.0. The summed E-state index contributed by atoms with van der Waals surface area (Å²) in [6, 6.07) is 16.0. The summed E-state index contributed by atoms with van der Waals surface area (Å²) in [5.41, 5.74) is 2.86. The van der Waals surface area contributed by atoms with Gasteiger partial charge in [-0.15, -0.1) is 0 Å². The highest BCUT2D eigenvalue weighted by molar-refractivity contribution is 7.88. The summed E-state index contributed by atoms with van der Waals surface area (Å²) in [6.45, 7) is 0. The lowest BCUT2D eigenvalue weighted by molar-refractivity contribution is -0.120. The van der Waals surface area contributed by atoms with Gasteiger partial charge in [-0.1, -0.05) is 24.3 Å². The van der Waals surface area contributed by atoms with Gasteiger partial charge in [0.1, 0.15) is 23.4 Å². The summed E-state index contributed by atoms with van der Waals surface area (Å²) in [5.74, 6) is 2.05. The lowest BCUT2D eigenvalue weighted by Crippen LogP contribution is -2.48. The maximum Gasteiger partial charge on any atom is 0.301 e. The Balaban J connectivity index is 1.29. The number of carbonyl (C=O) groups is 1. The second kappa shape index (κ2) is 8.96. The van der Waals surface area contributed by atoms with E-state index < -0.39 is 22.2 Å². The highest BCUT2D eigenvalue weighted by Crippen LogP contribution is 2.41. The van der Waals surface area contributed by atoms with Crippen molar-refractivity contribution in [2.24, 2.45) is 0 Å². The Kier molecular flexibility index (Phi) is 5.84. The van der Waals surface area contributed by atoms with Crippen molar-refractivity contribution >= 4 is 16.1 Å². The van der Waals surface area contributed by atoms with Crippen LogP contribution < -0.4 is 23.7 Å². The van der Waals surface area contributed by atoms with Gasteiger partial charge in [0, 0.05) is 18.1 Å². The maximum atomic E-state index is 11.7. The number of rotatable bonds is 6. The number of hydrogen-bond acceptors (Lipinski definition) is 7. The molecular weight excluding hydrogens is 458 g/mol. The van der Waals surface area contributed by atoms with Crippen molar-refractivity contribution in [2.45, 2.75) is 31.4 Å². The van der Waals surface area contributed by atoms with Gasteiger partial charge in [-0.05, 0) is 48.2 Å². The van der Waals surface area contributed by atoms with Crippen LogP contribution in [0.2, 0.25) is 0 Å². The molecule has 0 saturated carbocycles. The molecule has 2 N–H and O–H groups in total. The first-order valence-corrected chi connectivity index (χ1v) is 12.3. The average molecular weight is 482 g/mol. The van der Waals surface area contributed by atoms with Crippen molar-refractivity contribution in [1.82, 2.24) is 14.4 Å². The molecular formula is C24H23N3O6S. The molecule has 10 heteroatoms. The van der Waals surface area contributed by atoms with Gasteiger partial charge < -0.3 is 14.2 Å². The van der Waals surface area contributed by atoms with Gasteiger partial charge in [0.05, 0.1) is 19.3 Å². The number of nitrogens with zero attached hydrogens (tertiary/aromatic N) is 1. The molecule has 2 aliphatic rings. The van der Waals surface area contributed by atoms with E-state index in [4.69, 9.17) is 14.2 Å². The van der Waals surface area contributed by atoms with Gasteiger partial charge in [-0.25, -0.2) is 9.71 Å². The highest BCUT2D eigenvalue weighted by atomic mass is 32.2. The van der Waals surface area contributed by atoms with Crippen LogP contribution in [-0.4, -0.2) is 26.4 Å². The Bertz CT molecular complexity index is 1310. The molecule has 1 unspecified atom stereocenters. The number of amides is 1. The van der Waals surface area contributed by atoms with Crippen LogP contribution in [0.5, 0.6) is 23.1 Å². The molecule has 5 rings (SSSR count). The third kappa shape index (κ3) is 4.68. The van der Waals surface area contributed by atoms with Gasteiger partial charge in [0.15, 0.2) is 0 Å². The molecule has 9 nitrogen and oxygen atoms in total. The minimum atomic E-state index is -3.82. The second-order valence-electron chi connectivity index (χ2n) is 8.08. The van der Waals surface area contributed by atoms with Crippen molar-refractivity contribution in [2.75, 3.05) is 7.11 Å². The van der Waals surface area contributed by atoms with Crippen molar-refractivity contribution in [3.63, 3.8) is 0 Å². The number of pyridine rings is 1. The Hall–Kier alpha value is -3.63. The van der Waals surface area contributed by atoms with E-state index in [1.165, 1.54) is 0 Å². The fraction of sp³-hybridized carbons (Fsp3) is 0.250. The largest absolute Gasteiger partial charge is 0.486 e. The molecule has 0 spiro atoms. The quantitative estimate of drug-likeness (QED) is 0.555. The molecule has 0 bridgehead atoms. The average Bonchev–Trinajstić information content (AvgIpc) is 3.22. The first kappa shape index (κ1) is 22.2. The number of benzene rings is 2. The predicted molar refractivity (Wildman–Crippen MR) is 123 cm³/mol. The molecule has 2 atom stereocenters. The van der Waals surface area contributed by atoms with Crippen LogP contribution in [0.25, 0.3) is 0 Å². The number of ether oxygens (including phenoxy) is 3. The molecule has 34 heavy (non-hydrogen) atoms. The molecule has 1 aromatic heterocycles. The standard InChI is InChI=1S/C24H23N3O6S/c1-31-24-12-9-17(14-25-24)33-21-4-2-3-18-19(21)10-11-22(18)32-16-7-5-15(6-8-16)20-13-23(28)27-34(29,30)26-20/h2-9,12,14,20,22,26H,10-11,13H2,1H3,(H,27,28)/t20?,22-/m1/s1. The first-order valence-electron chi connectivity index (χ1n) is 10.8. The van der Waals surface area contributed by atoms with Crippen LogP contribution in [0.4, 0.5) is 0 Å². The number of methoxy groups -OCH3 is 1. The molecule has 1 saturated heterocycles. The minimum absolute atomic E-state index is 0.0436. The molecule has 2 aromatic carbocycles. The Morgan fingerprint density at radius 3 is 2.53 bits per heavy atom. The normalized spacial score (nSPS) is 20.8. The van der Waals surface area contributed by atoms with E-state index in [1.807, 2.05) is 29.0 Å². The molecule has 1 amide bonds. The molecule has 1 aliphatic heterocycles. The van der Waals surface area contributed by atoms with Crippen molar-refractivity contribution in [3.05, 3.63) is 77.5 Å². The topological polar surface area (TPSA) is 116 Å². The van der Waals surface area contributed by atoms with Crippen LogP contribution in [0, 0.1) is 0 Å². The molecule has 3 aromatic rings. The van der Waals surface area contributed by atoms with Crippen molar-refractivity contribution in [1.29, 1.82) is 0 Å². The molecule has 1 aliphatic carbocycles. The Labute approximate surface area is 197 Å². The summed E-state index contributed by atoms with van der Waals surface area (Å²) in [4.78, 5) is 15.9. The zero-order valence-electron chi connectivity index (χ0n) is 18.4. The SMILES string of the molecule is COc1ccc(Oc2cccc3c2CC[C@H]3Oc2ccc(C3CC(=O)NS(=O)(=O)N3)cc2)cn1. The van der Waals surface area contributed by atoms with Crippen molar-refractivity contribution in [3.8, 4) is 23.1 Å². The molecule has 0 radical (unpaired) electrons. The van der Waals surface area contributed by atoms with Crippen LogP contribution in [-0.2, 0) is 21.4 Å². The van der Waals surface area contributed by atoms with Gasteiger partial charge >= 0.3 is 10.2 Å². The smallest absolute Gasteiger partial charge is 0.301 e. The molecule has 1 fully saturated rings. The predicted octanol–water partition coefficient (Wildman–Crippen LogP) is 3.34. The van der Waals surface area contributed by atoms with Crippen LogP contribution in [0.3, 0.4) is 0 Å². The van der Waals surface area contributed by atoms with Crippen LogP contribution in [0.1, 0.15) is 41.7 Å². The Morgan fingerprint density at radius 1 is 1.03 bits per heavy atom. The van der Waals surface area contributed by atoms with E-state index in [0.29, 0.717) is 22.9 Å². The van der Waals surface area contributed by atoms with Crippen molar-refractivity contribution < 1.29 is 27.4 Å². The number of nitrogens with one attached hydrogen (secondary N) is 2. The maximum absolute atomic E-state index is 11.7. The number of fused-ring (bicyclic) bond motifs is 1. The summed E-state index contributed by atoms with van der Waals surface area (Å²) in [7, 11) is -2.26. The summed E-state index contributed by atoms with van der Waals surface area (Å²) in [5, 5.41) is 0. The fourth-order valence-electron chi connectivity index (χ4n) is 4.24. The summed E-state index contributed by atoms with van der Waals surface area (Å²) < 4.78 is 45.3. The number of carbonyl (C=O) groups excluding carboxylic acids is 1. The summed E-state index contributed by atoms with van der Waals surface area (Å²) >= 11 is 0. The fourth-order valence-corrected chi connectivity index (χ4v) is 5.28. The van der Waals surface area contributed by atoms with Gasteiger partial charge in [-0.2, -0.15) is 13.1 Å². The number of aromatic nitrogens is 1. The first-order chi connectivity index (χ1) is 16.4. The Morgan fingerprint density at radius 2 is 1.82 bits per heavy atom. The van der Waals surface area contributed by atoms with Gasteiger partial charge in [0.25, 0.3) is 0 Å². The van der Waals surface area contributed by atoms with Gasteiger partial charge in [0.2, 0.25) is 11.8 Å². The van der Waals surface area contributed by atoms with E-state index in [0.717, 1.165) is 29.7 Å². The second-order valence-corrected chi connectivity index (χ2v) is 9.53. The minimum Gasteiger partial charge on any atom is -0.486 e. The monoisotopic (exact) mass is 481 g/mol. The zero-order valence-corrected chi connectivity index (χ0v) is 19.2. The van der Waals surface area contributed by atoms with E-state index in [9.17, 15) is 13.2 Å². The van der Waals surface area contributed by atoms with E-state index in [2.05, 4.69) is 9.71 Å². The zero-order chi connectivity index (χ0) is 23.7.